The number of nitrogens with two attached hydrogens (primary N) is 1. The van der Waals surface area contributed by atoms with E-state index < -0.39 is 57.7 Å². The summed E-state index contributed by atoms with van der Waals surface area (Å²) in [4.78, 5) is 57.1. The van der Waals surface area contributed by atoms with Gasteiger partial charge in [0.2, 0.25) is 6.61 Å². The number of carbonyl (C=O) groups excluding carboxylic acids is 3. The first-order valence-electron chi connectivity index (χ1n) is 8.41. The number of oxime groups is 1. The van der Waals surface area contributed by atoms with Crippen molar-refractivity contribution in [3.8, 4) is 0 Å². The number of anilines is 1. The Bertz CT molecular complexity index is 1050. The summed E-state index contributed by atoms with van der Waals surface area (Å²) in [7, 11) is -2.03. The molecular formula is C14H18N6O9S3. The number of nitrogens with zero attached hydrogens (tertiary/aromatic N) is 4. The minimum atomic E-state index is -4.95. The quantitative estimate of drug-likeness (QED) is 0.128. The van der Waals surface area contributed by atoms with Crippen molar-refractivity contribution in [2.45, 2.75) is 12.1 Å². The van der Waals surface area contributed by atoms with Crippen LogP contribution < -0.4 is 11.1 Å². The maximum absolute atomic E-state index is 12.7. The van der Waals surface area contributed by atoms with E-state index in [2.05, 4.69) is 20.3 Å². The highest BCUT2D eigenvalue weighted by Crippen LogP contribution is 2.27. The van der Waals surface area contributed by atoms with E-state index in [4.69, 9.17) is 10.8 Å². The van der Waals surface area contributed by atoms with Crippen molar-refractivity contribution in [2.24, 2.45) is 5.16 Å². The van der Waals surface area contributed by atoms with E-state index in [1.54, 1.807) is 0 Å². The summed E-state index contributed by atoms with van der Waals surface area (Å²) < 4.78 is 32.5. The second-order valence-corrected chi connectivity index (χ2v) is 9.43. The number of nitrogens with one attached hydrogen (secondary N) is 1. The van der Waals surface area contributed by atoms with Crippen LogP contribution in [0.4, 0.5) is 9.93 Å². The lowest BCUT2D eigenvalue weighted by Gasteiger charge is -2.43. The first kappa shape index (κ1) is 25.3. The molecule has 0 radical (unpaired) electrons. The van der Waals surface area contributed by atoms with Crippen LogP contribution in [0.25, 0.3) is 0 Å². The molecule has 0 unspecified atom stereocenters. The SMILES string of the molecule is CN(C)C(=O)SC[C@@H]1[C@H](NC(=O)/C(=N\OCC(=O)O)c2csc(N)n2)C(=O)N1S(=O)(=O)O. The summed E-state index contributed by atoms with van der Waals surface area (Å²) in [6.45, 7) is -0.874. The van der Waals surface area contributed by atoms with Crippen molar-refractivity contribution in [2.75, 3.05) is 32.2 Å². The van der Waals surface area contributed by atoms with Gasteiger partial charge in [-0.2, -0.15) is 8.42 Å². The number of carboxylic acids is 1. The molecule has 176 valence electrons. The van der Waals surface area contributed by atoms with Crippen LogP contribution in [-0.2, 0) is 29.5 Å². The second kappa shape index (κ2) is 10.1. The van der Waals surface area contributed by atoms with Crippen LogP contribution in [0.2, 0.25) is 0 Å². The van der Waals surface area contributed by atoms with Crippen LogP contribution >= 0.6 is 23.1 Å². The van der Waals surface area contributed by atoms with Crippen molar-refractivity contribution < 1.29 is 42.1 Å². The van der Waals surface area contributed by atoms with Crippen LogP contribution in [0, 0.1) is 0 Å². The molecule has 0 saturated carbocycles. The van der Waals surface area contributed by atoms with E-state index in [0.717, 1.165) is 11.3 Å². The lowest BCUT2D eigenvalue weighted by atomic mass is 10.0. The van der Waals surface area contributed by atoms with Gasteiger partial charge in [0.25, 0.3) is 17.1 Å². The second-order valence-electron chi connectivity index (χ2n) is 6.28. The molecular weight excluding hydrogens is 492 g/mol. The molecule has 2 atom stereocenters. The number of carboxylic acid groups (broad SMARTS) is 1. The van der Waals surface area contributed by atoms with E-state index >= 15 is 0 Å². The number of aromatic nitrogens is 1. The number of rotatable bonds is 9. The number of aliphatic carboxylic acids is 1. The van der Waals surface area contributed by atoms with Gasteiger partial charge >= 0.3 is 16.3 Å². The van der Waals surface area contributed by atoms with E-state index in [1.807, 2.05) is 0 Å². The zero-order chi connectivity index (χ0) is 24.2. The molecule has 1 aliphatic heterocycles. The molecule has 3 amide bonds. The number of β-lactam (4-membered cyclic amide) rings is 1. The fourth-order valence-electron chi connectivity index (χ4n) is 2.37. The van der Waals surface area contributed by atoms with Gasteiger partial charge in [-0.05, 0) is 0 Å². The number of carbonyl (C=O) groups is 4. The predicted molar refractivity (Wildman–Crippen MR) is 112 cm³/mol. The molecule has 5 N–H and O–H groups in total. The van der Waals surface area contributed by atoms with Crippen LogP contribution in [0.1, 0.15) is 5.69 Å². The Morgan fingerprint density at radius 2 is 2.09 bits per heavy atom. The third-order valence-corrected chi connectivity index (χ3v) is 6.51. The van der Waals surface area contributed by atoms with E-state index in [9.17, 15) is 32.1 Å². The number of thiazole rings is 1. The molecule has 0 bridgehead atoms. The highest BCUT2D eigenvalue weighted by molar-refractivity contribution is 8.13. The molecule has 15 nitrogen and oxygen atoms in total. The van der Waals surface area contributed by atoms with Crippen molar-refractivity contribution in [1.29, 1.82) is 0 Å². The number of hydrogen-bond acceptors (Lipinski definition) is 12. The molecule has 1 aromatic heterocycles. The zero-order valence-corrected chi connectivity index (χ0v) is 18.9. The first-order valence-corrected chi connectivity index (χ1v) is 11.7. The van der Waals surface area contributed by atoms with Gasteiger partial charge < -0.3 is 25.9 Å². The van der Waals surface area contributed by atoms with Crippen LogP contribution in [0.5, 0.6) is 0 Å². The third kappa shape index (κ3) is 6.05. The monoisotopic (exact) mass is 510 g/mol. The van der Waals surface area contributed by atoms with Crippen molar-refractivity contribution in [3.05, 3.63) is 11.1 Å². The Labute approximate surface area is 189 Å². The summed E-state index contributed by atoms with van der Waals surface area (Å²) in [5.74, 6) is -3.83. The molecule has 18 heteroatoms. The standard InChI is InChI=1S/C14H18N6O9S3/c1-19(2)14(25)31-5-7-10(12(24)20(7)32(26,27)28)17-11(23)9(18-29-3-8(21)22)6-4-30-13(15)16-6/h4,7,10H,3,5H2,1-2H3,(H2,15,16)(H,17,23)(H,21,22)(H,26,27,28)/b18-9-/t7-,10+/m1/s1. The van der Waals surface area contributed by atoms with Gasteiger partial charge in [-0.3, -0.25) is 18.9 Å². The smallest absolute Gasteiger partial charge is 0.362 e. The number of amides is 3. The summed E-state index contributed by atoms with van der Waals surface area (Å²) in [6, 6.07) is -2.72. The predicted octanol–water partition coefficient (Wildman–Crippen LogP) is -1.56. The minimum absolute atomic E-state index is 0.0625. The fourth-order valence-corrected chi connectivity index (χ4v) is 4.81. The maximum atomic E-state index is 12.7. The Kier molecular flexibility index (Phi) is 7.99. The molecule has 0 aromatic carbocycles. The topological polar surface area (TPSA) is 222 Å². The Hall–Kier alpha value is -2.96. The number of thioether (sulfide) groups is 1. The van der Waals surface area contributed by atoms with Crippen LogP contribution in [0.15, 0.2) is 10.5 Å². The van der Waals surface area contributed by atoms with Gasteiger partial charge in [0.05, 0.1) is 6.04 Å². The number of nitrogen functional groups attached to an aromatic ring is 1. The summed E-state index contributed by atoms with van der Waals surface area (Å²) >= 11 is 1.61. The van der Waals surface area contributed by atoms with Crippen LogP contribution in [0.3, 0.4) is 0 Å². The average Bonchev–Trinajstić information content (AvgIpc) is 3.10. The van der Waals surface area contributed by atoms with Gasteiger partial charge in [0.15, 0.2) is 10.8 Å². The zero-order valence-electron chi connectivity index (χ0n) is 16.5. The highest BCUT2D eigenvalue weighted by atomic mass is 32.2. The molecule has 0 aliphatic carbocycles. The van der Waals surface area contributed by atoms with Gasteiger partial charge in [0.1, 0.15) is 11.7 Å². The van der Waals surface area contributed by atoms with Crippen LogP contribution in [-0.4, -0.2) is 99.5 Å². The normalized spacial score (nSPS) is 18.7. The molecule has 1 aliphatic rings. The third-order valence-electron chi connectivity index (χ3n) is 3.77. The summed E-state index contributed by atoms with van der Waals surface area (Å²) in [6.07, 6.45) is 0. The van der Waals surface area contributed by atoms with Crippen molar-refractivity contribution >= 4 is 67.3 Å². The molecule has 1 saturated heterocycles. The lowest BCUT2D eigenvalue weighted by Crippen LogP contribution is -2.73. The summed E-state index contributed by atoms with van der Waals surface area (Å²) in [5.41, 5.74) is 4.93. The first-order chi connectivity index (χ1) is 14.8. The molecule has 0 spiro atoms. The molecule has 2 heterocycles. The Morgan fingerprint density at radius 1 is 1.44 bits per heavy atom. The largest absolute Gasteiger partial charge is 0.479 e. The molecule has 1 fully saturated rings. The Morgan fingerprint density at radius 3 is 2.59 bits per heavy atom. The van der Waals surface area contributed by atoms with E-state index in [1.165, 1.54) is 24.4 Å². The summed E-state index contributed by atoms with van der Waals surface area (Å²) in [5, 5.41) is 15.3. The van der Waals surface area contributed by atoms with Crippen molar-refractivity contribution in [1.82, 2.24) is 19.5 Å². The highest BCUT2D eigenvalue weighted by Gasteiger charge is 2.54. The van der Waals surface area contributed by atoms with Crippen molar-refractivity contribution in [3.63, 3.8) is 0 Å². The minimum Gasteiger partial charge on any atom is -0.479 e. The van der Waals surface area contributed by atoms with Gasteiger partial charge in [-0.25, -0.2) is 14.1 Å². The van der Waals surface area contributed by atoms with Gasteiger partial charge in [-0.1, -0.05) is 16.9 Å². The van der Waals surface area contributed by atoms with Gasteiger partial charge in [-0.15, -0.1) is 11.3 Å². The average molecular weight is 511 g/mol. The van der Waals surface area contributed by atoms with E-state index in [0.29, 0.717) is 11.8 Å². The molecule has 2 rings (SSSR count). The fraction of sp³-hybridized carbons (Fsp3) is 0.429. The lowest BCUT2D eigenvalue weighted by molar-refractivity contribution is -0.143. The molecule has 32 heavy (non-hydrogen) atoms. The van der Waals surface area contributed by atoms with Gasteiger partial charge in [0, 0.05) is 25.2 Å². The van der Waals surface area contributed by atoms with E-state index in [-0.39, 0.29) is 20.9 Å². The maximum Gasteiger partial charge on any atom is 0.362 e. The Balaban J connectivity index is 2.24. The molecule has 1 aromatic rings. The number of hydrogen-bond donors (Lipinski definition) is 4.